The molecule has 1 aliphatic rings. The molecule has 4 rings (SSSR count). The largest absolute Gasteiger partial charge is 0.496 e. The van der Waals surface area contributed by atoms with E-state index in [-0.39, 0.29) is 12.0 Å². The first kappa shape index (κ1) is 20.3. The Kier molecular flexibility index (Phi) is 5.99. The standard InChI is InChI=1S/C23H28N4O3/c1-15-13-16(2)25-23-21(15)22(18-8-4-5-9-19(18)29-3)26-27(23)11-10-20(28)24-14-17-7-6-12-30-17/h4-5,8-9,13,17H,6-7,10-12,14H2,1-3H3,(H,24,28)/t17-/m0/s1. The summed E-state index contributed by atoms with van der Waals surface area (Å²) >= 11 is 0. The van der Waals surface area contributed by atoms with E-state index in [0.29, 0.717) is 19.5 Å². The van der Waals surface area contributed by atoms with Crippen LogP contribution >= 0.6 is 0 Å². The molecular weight excluding hydrogens is 380 g/mol. The Morgan fingerprint density at radius 2 is 2.17 bits per heavy atom. The van der Waals surface area contributed by atoms with E-state index in [0.717, 1.165) is 58.7 Å². The maximum atomic E-state index is 12.4. The van der Waals surface area contributed by atoms with E-state index in [1.165, 1.54) is 0 Å². The molecule has 3 aromatic rings. The molecule has 30 heavy (non-hydrogen) atoms. The number of nitrogens with zero attached hydrogens (tertiary/aromatic N) is 3. The summed E-state index contributed by atoms with van der Waals surface area (Å²) in [5.74, 6) is 0.760. The minimum atomic E-state index is -0.00244. The Morgan fingerprint density at radius 1 is 1.33 bits per heavy atom. The van der Waals surface area contributed by atoms with Crippen molar-refractivity contribution in [2.75, 3.05) is 20.3 Å². The number of amides is 1. The quantitative estimate of drug-likeness (QED) is 0.648. The zero-order chi connectivity index (χ0) is 21.1. The summed E-state index contributed by atoms with van der Waals surface area (Å²) in [6, 6.07) is 9.89. The van der Waals surface area contributed by atoms with Crippen molar-refractivity contribution >= 4 is 16.9 Å². The van der Waals surface area contributed by atoms with Crippen LogP contribution in [0.4, 0.5) is 0 Å². The number of aryl methyl sites for hydroxylation is 3. The van der Waals surface area contributed by atoms with Gasteiger partial charge in [0.15, 0.2) is 5.65 Å². The number of ether oxygens (including phenoxy) is 2. The zero-order valence-electron chi connectivity index (χ0n) is 17.8. The molecule has 0 saturated carbocycles. The fraction of sp³-hybridized carbons (Fsp3) is 0.435. The zero-order valence-corrected chi connectivity index (χ0v) is 17.8. The fourth-order valence-electron chi connectivity index (χ4n) is 4.03. The maximum Gasteiger partial charge on any atom is 0.221 e. The molecular formula is C23H28N4O3. The van der Waals surface area contributed by atoms with Gasteiger partial charge in [0, 0.05) is 30.8 Å². The van der Waals surface area contributed by atoms with Crippen LogP contribution in [-0.4, -0.2) is 47.0 Å². The number of methoxy groups -OCH3 is 1. The summed E-state index contributed by atoms with van der Waals surface area (Å²) in [6.07, 6.45) is 2.55. The van der Waals surface area contributed by atoms with E-state index >= 15 is 0 Å². The van der Waals surface area contributed by atoms with Crippen molar-refractivity contribution in [3.63, 3.8) is 0 Å². The van der Waals surface area contributed by atoms with Crippen molar-refractivity contribution in [1.82, 2.24) is 20.1 Å². The Hall–Kier alpha value is -2.93. The number of hydrogen-bond donors (Lipinski definition) is 1. The number of pyridine rings is 1. The molecule has 1 aliphatic heterocycles. The predicted molar refractivity (Wildman–Crippen MR) is 116 cm³/mol. The lowest BCUT2D eigenvalue weighted by Crippen LogP contribution is -2.32. The molecule has 3 heterocycles. The number of carbonyl (C=O) groups is 1. The first-order valence-electron chi connectivity index (χ1n) is 10.4. The van der Waals surface area contributed by atoms with Gasteiger partial charge in [0.2, 0.25) is 5.91 Å². The van der Waals surface area contributed by atoms with Gasteiger partial charge < -0.3 is 14.8 Å². The lowest BCUT2D eigenvalue weighted by molar-refractivity contribution is -0.121. The van der Waals surface area contributed by atoms with Crippen molar-refractivity contribution in [1.29, 1.82) is 0 Å². The number of hydrogen-bond acceptors (Lipinski definition) is 5. The highest BCUT2D eigenvalue weighted by Crippen LogP contribution is 2.35. The number of nitrogens with one attached hydrogen (secondary N) is 1. The van der Waals surface area contributed by atoms with Crippen molar-refractivity contribution in [3.8, 4) is 17.0 Å². The third kappa shape index (κ3) is 4.16. The summed E-state index contributed by atoms with van der Waals surface area (Å²) in [6.45, 7) is 5.85. The van der Waals surface area contributed by atoms with E-state index in [1.54, 1.807) is 7.11 Å². The number of aromatic nitrogens is 3. The first-order valence-corrected chi connectivity index (χ1v) is 10.4. The van der Waals surface area contributed by atoms with Crippen LogP contribution in [0.2, 0.25) is 0 Å². The summed E-state index contributed by atoms with van der Waals surface area (Å²) in [5, 5.41) is 8.82. The number of fused-ring (bicyclic) bond motifs is 1. The van der Waals surface area contributed by atoms with Gasteiger partial charge in [-0.15, -0.1) is 0 Å². The molecule has 1 saturated heterocycles. The molecule has 1 atom stereocenters. The molecule has 1 fully saturated rings. The van der Waals surface area contributed by atoms with Crippen LogP contribution in [0, 0.1) is 13.8 Å². The van der Waals surface area contributed by atoms with Gasteiger partial charge in [0.25, 0.3) is 0 Å². The summed E-state index contributed by atoms with van der Waals surface area (Å²) in [4.78, 5) is 17.1. The molecule has 0 radical (unpaired) electrons. The predicted octanol–water partition coefficient (Wildman–Crippen LogP) is 3.41. The molecule has 0 unspecified atom stereocenters. The normalized spacial score (nSPS) is 16.2. The highest BCUT2D eigenvalue weighted by Gasteiger charge is 2.20. The van der Waals surface area contributed by atoms with Crippen molar-refractivity contribution in [2.45, 2.75) is 45.8 Å². The van der Waals surface area contributed by atoms with E-state index < -0.39 is 0 Å². The molecule has 7 nitrogen and oxygen atoms in total. The average molecular weight is 409 g/mol. The minimum Gasteiger partial charge on any atom is -0.496 e. The van der Waals surface area contributed by atoms with Crippen molar-refractivity contribution in [2.24, 2.45) is 0 Å². The van der Waals surface area contributed by atoms with Crippen LogP contribution in [0.1, 0.15) is 30.5 Å². The number of rotatable bonds is 7. The van der Waals surface area contributed by atoms with Crippen LogP contribution in [0.3, 0.4) is 0 Å². The average Bonchev–Trinajstić information content (AvgIpc) is 3.38. The molecule has 1 N–H and O–H groups in total. The molecule has 0 bridgehead atoms. The van der Waals surface area contributed by atoms with E-state index in [2.05, 4.69) is 18.3 Å². The molecule has 1 amide bonds. The Labute approximate surface area is 176 Å². The SMILES string of the molecule is COc1ccccc1-c1nn(CCC(=O)NC[C@@H]2CCCO2)c2nc(C)cc(C)c12. The first-order chi connectivity index (χ1) is 14.6. The van der Waals surface area contributed by atoms with E-state index in [4.69, 9.17) is 19.6 Å². The number of benzene rings is 1. The van der Waals surface area contributed by atoms with Gasteiger partial charge in [-0.2, -0.15) is 5.10 Å². The molecule has 0 spiro atoms. The van der Waals surface area contributed by atoms with Gasteiger partial charge in [0.1, 0.15) is 11.4 Å². The van der Waals surface area contributed by atoms with Gasteiger partial charge in [-0.05, 0) is 50.5 Å². The van der Waals surface area contributed by atoms with Crippen molar-refractivity contribution in [3.05, 3.63) is 41.6 Å². The summed E-state index contributed by atoms with van der Waals surface area (Å²) < 4.78 is 13.0. The maximum absolute atomic E-state index is 12.4. The van der Waals surface area contributed by atoms with E-state index in [9.17, 15) is 4.79 Å². The highest BCUT2D eigenvalue weighted by atomic mass is 16.5. The van der Waals surface area contributed by atoms with Gasteiger partial charge in [-0.1, -0.05) is 12.1 Å². The van der Waals surface area contributed by atoms with Gasteiger partial charge in [-0.3, -0.25) is 4.79 Å². The van der Waals surface area contributed by atoms with E-state index in [1.807, 2.05) is 35.9 Å². The lowest BCUT2D eigenvalue weighted by atomic mass is 10.0. The molecule has 0 aliphatic carbocycles. The van der Waals surface area contributed by atoms with Gasteiger partial charge in [0.05, 0.1) is 25.1 Å². The summed E-state index contributed by atoms with van der Waals surface area (Å²) in [5.41, 5.74) is 4.57. The minimum absolute atomic E-state index is 0.00244. The Morgan fingerprint density at radius 3 is 2.93 bits per heavy atom. The Balaban J connectivity index is 1.61. The van der Waals surface area contributed by atoms with Crippen molar-refractivity contribution < 1.29 is 14.3 Å². The van der Waals surface area contributed by atoms with Crippen LogP contribution in [0.15, 0.2) is 30.3 Å². The Bertz CT molecular complexity index is 1050. The highest BCUT2D eigenvalue weighted by molar-refractivity contribution is 5.95. The van der Waals surface area contributed by atoms with Crippen LogP contribution in [0.5, 0.6) is 5.75 Å². The number of para-hydroxylation sites is 1. The number of carbonyl (C=O) groups excluding carboxylic acids is 1. The second-order valence-electron chi connectivity index (χ2n) is 7.74. The van der Waals surface area contributed by atoms with Gasteiger partial charge >= 0.3 is 0 Å². The lowest BCUT2D eigenvalue weighted by Gasteiger charge is -2.11. The monoisotopic (exact) mass is 408 g/mol. The molecule has 2 aromatic heterocycles. The third-order valence-electron chi connectivity index (χ3n) is 5.49. The second-order valence-corrected chi connectivity index (χ2v) is 7.74. The smallest absolute Gasteiger partial charge is 0.221 e. The van der Waals surface area contributed by atoms with Crippen LogP contribution in [-0.2, 0) is 16.1 Å². The molecule has 158 valence electrons. The van der Waals surface area contributed by atoms with Gasteiger partial charge in [-0.25, -0.2) is 9.67 Å². The topological polar surface area (TPSA) is 78.3 Å². The third-order valence-corrected chi connectivity index (χ3v) is 5.49. The molecule has 1 aromatic carbocycles. The van der Waals surface area contributed by atoms with Crippen LogP contribution in [0.25, 0.3) is 22.3 Å². The summed E-state index contributed by atoms with van der Waals surface area (Å²) in [7, 11) is 1.66. The second kappa shape index (κ2) is 8.83. The van der Waals surface area contributed by atoms with Crippen LogP contribution < -0.4 is 10.1 Å². The fourth-order valence-corrected chi connectivity index (χ4v) is 4.03. The molecule has 7 heteroatoms.